The fraction of sp³-hybridized carbons (Fsp3) is 0.619. The van der Waals surface area contributed by atoms with Gasteiger partial charge in [-0.3, -0.25) is 9.59 Å². The van der Waals surface area contributed by atoms with E-state index in [1.807, 2.05) is 6.07 Å². The van der Waals surface area contributed by atoms with Gasteiger partial charge in [-0.2, -0.15) is 0 Å². The highest BCUT2D eigenvalue weighted by Crippen LogP contribution is 2.46. The third-order valence-electron chi connectivity index (χ3n) is 6.25. The SMILES string of the molecule is O=C1CCC(C[C@@H](C(=O)O)c2ccc(S(=O)(=O)C3CC3)c(C3CC3)c2)CC1. The molecule has 1 N–H and O–H groups in total. The van der Waals surface area contributed by atoms with Crippen molar-refractivity contribution < 1.29 is 23.1 Å². The number of aliphatic carboxylic acids is 1. The maximum atomic E-state index is 12.8. The number of Topliss-reactive ketones (excluding diaryl/α,β-unsaturated/α-hetero) is 1. The lowest BCUT2D eigenvalue weighted by Gasteiger charge is -2.25. The fourth-order valence-corrected chi connectivity index (χ4v) is 6.19. The summed E-state index contributed by atoms with van der Waals surface area (Å²) < 4.78 is 25.5. The Morgan fingerprint density at radius 2 is 1.74 bits per heavy atom. The number of carboxylic acids is 1. The van der Waals surface area contributed by atoms with E-state index in [0.717, 1.165) is 44.1 Å². The fourth-order valence-electron chi connectivity index (χ4n) is 4.26. The zero-order chi connectivity index (χ0) is 19.2. The second-order valence-corrected chi connectivity index (χ2v) is 10.6. The first-order valence-corrected chi connectivity index (χ1v) is 11.5. The maximum Gasteiger partial charge on any atom is 0.310 e. The van der Waals surface area contributed by atoms with Crippen LogP contribution in [0.3, 0.4) is 0 Å². The zero-order valence-electron chi connectivity index (χ0n) is 15.4. The monoisotopic (exact) mass is 390 g/mol. The standard InChI is InChI=1S/C21H26O5S/c22-16-6-1-13(2-7-16)11-19(21(23)24)15-5-10-20(18(12-15)14-3-4-14)27(25,26)17-8-9-17/h5,10,12-14,17,19H,1-4,6-9,11H2,(H,23,24)/t19-/m1/s1. The molecule has 1 aromatic rings. The number of rotatable bonds is 7. The van der Waals surface area contributed by atoms with Gasteiger partial charge >= 0.3 is 5.97 Å². The molecule has 146 valence electrons. The highest BCUT2D eigenvalue weighted by molar-refractivity contribution is 7.92. The highest BCUT2D eigenvalue weighted by Gasteiger charge is 2.40. The van der Waals surface area contributed by atoms with Crippen molar-refractivity contribution in [1.29, 1.82) is 0 Å². The molecule has 6 heteroatoms. The van der Waals surface area contributed by atoms with Gasteiger partial charge < -0.3 is 5.11 Å². The summed E-state index contributed by atoms with van der Waals surface area (Å²) in [7, 11) is -3.28. The van der Waals surface area contributed by atoms with Crippen LogP contribution in [0.25, 0.3) is 0 Å². The third kappa shape index (κ3) is 3.96. The molecule has 0 aliphatic heterocycles. The molecule has 0 heterocycles. The summed E-state index contributed by atoms with van der Waals surface area (Å²) in [5.41, 5.74) is 1.53. The minimum atomic E-state index is -3.28. The Balaban J connectivity index is 1.62. The van der Waals surface area contributed by atoms with Gasteiger partial charge in [-0.1, -0.05) is 12.1 Å². The summed E-state index contributed by atoms with van der Waals surface area (Å²) >= 11 is 0. The Hall–Kier alpha value is -1.69. The van der Waals surface area contributed by atoms with E-state index in [4.69, 9.17) is 0 Å². The zero-order valence-corrected chi connectivity index (χ0v) is 16.2. The summed E-state index contributed by atoms with van der Waals surface area (Å²) in [6.07, 6.45) is 6.52. The summed E-state index contributed by atoms with van der Waals surface area (Å²) in [6.45, 7) is 0. The van der Waals surface area contributed by atoms with Gasteiger partial charge in [0.25, 0.3) is 0 Å². The molecule has 3 aliphatic rings. The molecule has 27 heavy (non-hydrogen) atoms. The van der Waals surface area contributed by atoms with Crippen LogP contribution in [-0.4, -0.2) is 30.5 Å². The predicted molar refractivity (Wildman–Crippen MR) is 101 cm³/mol. The lowest BCUT2D eigenvalue weighted by molar-refractivity contribution is -0.139. The summed E-state index contributed by atoms with van der Waals surface area (Å²) in [6, 6.07) is 5.20. The lowest BCUT2D eigenvalue weighted by atomic mass is 9.80. The minimum Gasteiger partial charge on any atom is -0.481 e. The molecule has 3 saturated carbocycles. The average Bonchev–Trinajstić information content (AvgIpc) is 3.52. The van der Waals surface area contributed by atoms with E-state index in [9.17, 15) is 23.1 Å². The Kier molecular flexibility index (Phi) is 4.87. The van der Waals surface area contributed by atoms with Crippen molar-refractivity contribution in [1.82, 2.24) is 0 Å². The molecular weight excluding hydrogens is 364 g/mol. The molecule has 0 aromatic heterocycles. The molecule has 1 aromatic carbocycles. The van der Waals surface area contributed by atoms with E-state index in [1.54, 1.807) is 12.1 Å². The van der Waals surface area contributed by atoms with Gasteiger partial charge in [0.05, 0.1) is 16.1 Å². The Morgan fingerprint density at radius 3 is 2.30 bits per heavy atom. The molecule has 0 spiro atoms. The first kappa shape index (κ1) is 18.7. The van der Waals surface area contributed by atoms with Crippen molar-refractivity contribution in [2.45, 2.75) is 79.8 Å². The summed E-state index contributed by atoms with van der Waals surface area (Å²) in [5.74, 6) is -0.758. The minimum absolute atomic E-state index is 0.239. The number of hydrogen-bond donors (Lipinski definition) is 1. The molecule has 1 atom stereocenters. The highest BCUT2D eigenvalue weighted by atomic mass is 32.2. The van der Waals surface area contributed by atoms with Gasteiger partial charge in [0, 0.05) is 12.8 Å². The molecule has 4 rings (SSSR count). The van der Waals surface area contributed by atoms with Crippen molar-refractivity contribution in [2.24, 2.45) is 5.92 Å². The third-order valence-corrected chi connectivity index (χ3v) is 8.59. The smallest absolute Gasteiger partial charge is 0.310 e. The summed E-state index contributed by atoms with van der Waals surface area (Å²) in [4.78, 5) is 23.8. The van der Waals surface area contributed by atoms with Crippen molar-refractivity contribution in [3.8, 4) is 0 Å². The van der Waals surface area contributed by atoms with Gasteiger partial charge in [-0.25, -0.2) is 8.42 Å². The second kappa shape index (κ2) is 7.04. The quantitative estimate of drug-likeness (QED) is 0.765. The van der Waals surface area contributed by atoms with E-state index >= 15 is 0 Å². The second-order valence-electron chi connectivity index (χ2n) is 8.42. The van der Waals surface area contributed by atoms with E-state index in [-0.39, 0.29) is 22.9 Å². The molecule has 3 aliphatic carbocycles. The molecule has 0 unspecified atom stereocenters. The number of carbonyl (C=O) groups excluding carboxylic acids is 1. The number of ketones is 1. The first-order chi connectivity index (χ1) is 12.9. The lowest BCUT2D eigenvalue weighted by Crippen LogP contribution is -2.21. The van der Waals surface area contributed by atoms with Gasteiger partial charge in [0.2, 0.25) is 0 Å². The topological polar surface area (TPSA) is 88.5 Å². The Bertz CT molecular complexity index is 855. The predicted octanol–water partition coefficient (Wildman–Crippen LogP) is 3.82. The maximum absolute atomic E-state index is 12.8. The van der Waals surface area contributed by atoms with Crippen LogP contribution in [0.2, 0.25) is 0 Å². The van der Waals surface area contributed by atoms with Crippen LogP contribution in [0, 0.1) is 5.92 Å². The van der Waals surface area contributed by atoms with E-state index in [0.29, 0.717) is 29.7 Å². The van der Waals surface area contributed by atoms with Crippen molar-refractivity contribution in [3.63, 3.8) is 0 Å². The molecule has 3 fully saturated rings. The molecule has 0 amide bonds. The van der Waals surface area contributed by atoms with Crippen LogP contribution in [0.4, 0.5) is 0 Å². The first-order valence-electron chi connectivity index (χ1n) is 9.98. The molecule has 0 saturated heterocycles. The van der Waals surface area contributed by atoms with Crippen LogP contribution in [0.15, 0.2) is 23.1 Å². The number of sulfone groups is 1. The van der Waals surface area contributed by atoms with Crippen molar-refractivity contribution in [3.05, 3.63) is 29.3 Å². The van der Waals surface area contributed by atoms with Gasteiger partial charge in [-0.15, -0.1) is 0 Å². The number of carboxylic acid groups (broad SMARTS) is 1. The van der Waals surface area contributed by atoms with Gasteiger partial charge in [0.1, 0.15) is 5.78 Å². The van der Waals surface area contributed by atoms with Crippen molar-refractivity contribution >= 4 is 21.6 Å². The van der Waals surface area contributed by atoms with Crippen LogP contribution < -0.4 is 0 Å². The van der Waals surface area contributed by atoms with Crippen LogP contribution in [0.5, 0.6) is 0 Å². The van der Waals surface area contributed by atoms with Crippen LogP contribution in [-0.2, 0) is 19.4 Å². The summed E-state index contributed by atoms with van der Waals surface area (Å²) in [5, 5.41) is 9.54. The number of hydrogen-bond acceptors (Lipinski definition) is 4. The van der Waals surface area contributed by atoms with Crippen molar-refractivity contribution in [2.75, 3.05) is 0 Å². The molecule has 0 bridgehead atoms. The van der Waals surface area contributed by atoms with E-state index in [1.165, 1.54) is 0 Å². The van der Waals surface area contributed by atoms with Gasteiger partial charge in [-0.05, 0) is 74.0 Å². The number of benzene rings is 1. The largest absolute Gasteiger partial charge is 0.481 e. The van der Waals surface area contributed by atoms with E-state index < -0.39 is 21.7 Å². The molecule has 0 radical (unpaired) electrons. The molecular formula is C21H26O5S. The Morgan fingerprint density at radius 1 is 1.07 bits per heavy atom. The number of carbonyl (C=O) groups is 2. The normalized spacial score (nSPS) is 22.6. The van der Waals surface area contributed by atoms with Gasteiger partial charge in [0.15, 0.2) is 9.84 Å². The van der Waals surface area contributed by atoms with Crippen LogP contribution >= 0.6 is 0 Å². The Labute approximate surface area is 160 Å². The molecule has 5 nitrogen and oxygen atoms in total. The van der Waals surface area contributed by atoms with Crippen LogP contribution in [0.1, 0.15) is 80.8 Å². The van der Waals surface area contributed by atoms with E-state index in [2.05, 4.69) is 0 Å². The average molecular weight is 391 g/mol.